The molecule has 0 amide bonds. The van der Waals surface area contributed by atoms with Crippen LogP contribution in [0.4, 0.5) is 0 Å². The molecule has 0 aromatic carbocycles. The van der Waals surface area contributed by atoms with E-state index in [1.807, 2.05) is 0 Å². The largest absolute Gasteiger partial charge is 0.370 e. The standard InChI is InChI=1S/C46H90O3/c1-5-9-13-17-21-23-27-31-35-41(33-29-25-19-15-11-7-3)37-43(45-39-47-45)49-44(46-40-48-46)38-42(34-30-26-20-16-12-8-4)36-32-28-24-22-18-14-10-6-2/h41-46H,5-40H2,1-4H3. The molecule has 0 bridgehead atoms. The van der Waals surface area contributed by atoms with Crippen LogP contribution in [0.3, 0.4) is 0 Å². The van der Waals surface area contributed by atoms with Crippen LogP contribution in [-0.2, 0) is 14.2 Å². The fourth-order valence-corrected chi connectivity index (χ4v) is 8.33. The normalized spacial score (nSPS) is 19.6. The van der Waals surface area contributed by atoms with E-state index >= 15 is 0 Å². The molecule has 0 aromatic rings. The van der Waals surface area contributed by atoms with Gasteiger partial charge in [-0.2, -0.15) is 0 Å². The fourth-order valence-electron chi connectivity index (χ4n) is 8.33. The lowest BCUT2D eigenvalue weighted by Crippen LogP contribution is -2.33. The van der Waals surface area contributed by atoms with Gasteiger partial charge in [0.05, 0.1) is 25.4 Å². The number of epoxide rings is 2. The van der Waals surface area contributed by atoms with E-state index in [0.29, 0.717) is 12.2 Å². The van der Waals surface area contributed by atoms with Crippen molar-refractivity contribution in [2.24, 2.45) is 11.8 Å². The Morgan fingerprint density at radius 1 is 0.367 bits per heavy atom. The van der Waals surface area contributed by atoms with E-state index in [2.05, 4.69) is 27.7 Å². The van der Waals surface area contributed by atoms with Gasteiger partial charge in [-0.15, -0.1) is 0 Å². The first kappa shape index (κ1) is 45.0. The van der Waals surface area contributed by atoms with E-state index in [9.17, 15) is 0 Å². The third-order valence-electron chi connectivity index (χ3n) is 11.9. The summed E-state index contributed by atoms with van der Waals surface area (Å²) in [4.78, 5) is 0. The van der Waals surface area contributed by atoms with Crippen molar-refractivity contribution in [2.75, 3.05) is 13.2 Å². The predicted molar refractivity (Wildman–Crippen MR) is 215 cm³/mol. The first-order valence-corrected chi connectivity index (χ1v) is 23.1. The van der Waals surface area contributed by atoms with Crippen LogP contribution in [0.15, 0.2) is 0 Å². The van der Waals surface area contributed by atoms with Crippen molar-refractivity contribution in [3.05, 3.63) is 0 Å². The summed E-state index contributed by atoms with van der Waals surface area (Å²) in [7, 11) is 0. The van der Waals surface area contributed by atoms with Gasteiger partial charge in [0, 0.05) is 0 Å². The predicted octanol–water partition coefficient (Wildman–Crippen LogP) is 15.1. The molecule has 0 aromatic heterocycles. The van der Waals surface area contributed by atoms with Crippen molar-refractivity contribution >= 4 is 0 Å². The van der Waals surface area contributed by atoms with Crippen LogP contribution in [0.1, 0.15) is 246 Å². The van der Waals surface area contributed by atoms with Gasteiger partial charge in [-0.25, -0.2) is 0 Å². The molecule has 292 valence electrons. The summed E-state index contributed by atoms with van der Waals surface area (Å²) < 4.78 is 19.2. The van der Waals surface area contributed by atoms with Crippen LogP contribution in [0, 0.1) is 11.8 Å². The van der Waals surface area contributed by atoms with Crippen LogP contribution in [0.2, 0.25) is 0 Å². The summed E-state index contributed by atoms with van der Waals surface area (Å²) in [5, 5.41) is 0. The van der Waals surface area contributed by atoms with Gasteiger partial charge in [0.25, 0.3) is 0 Å². The zero-order valence-corrected chi connectivity index (χ0v) is 34.1. The Bertz CT molecular complexity index is 617. The SMILES string of the molecule is CCCCCCCCCCC(CCCCCCCC)CC(OC(CC(CCCCCCCC)CCCCCCCCCC)C1CO1)C1CO1. The average Bonchev–Trinajstić information content (AvgIpc) is 4.03. The van der Waals surface area contributed by atoms with E-state index < -0.39 is 0 Å². The van der Waals surface area contributed by atoms with Crippen molar-refractivity contribution in [3.8, 4) is 0 Å². The molecule has 0 saturated carbocycles. The van der Waals surface area contributed by atoms with Crippen LogP contribution >= 0.6 is 0 Å². The molecule has 0 aliphatic carbocycles. The fraction of sp³-hybridized carbons (Fsp3) is 1.00. The molecular weight excluding hydrogens is 601 g/mol. The van der Waals surface area contributed by atoms with Gasteiger partial charge in [-0.1, -0.05) is 233 Å². The number of ether oxygens (including phenoxy) is 3. The Morgan fingerprint density at radius 3 is 0.816 bits per heavy atom. The molecule has 6 atom stereocenters. The summed E-state index contributed by atoms with van der Waals surface area (Å²) in [6, 6.07) is 0. The maximum absolute atomic E-state index is 7.19. The topological polar surface area (TPSA) is 34.3 Å². The van der Waals surface area contributed by atoms with Crippen molar-refractivity contribution in [2.45, 2.75) is 270 Å². The van der Waals surface area contributed by atoms with E-state index in [-0.39, 0.29) is 12.2 Å². The van der Waals surface area contributed by atoms with Crippen LogP contribution in [-0.4, -0.2) is 37.6 Å². The minimum absolute atomic E-state index is 0.270. The molecule has 2 aliphatic rings. The quantitative estimate of drug-likeness (QED) is 0.0474. The van der Waals surface area contributed by atoms with Crippen molar-refractivity contribution in [1.82, 2.24) is 0 Å². The van der Waals surface area contributed by atoms with Gasteiger partial charge in [-0.05, 0) is 24.7 Å². The molecule has 3 nitrogen and oxygen atoms in total. The van der Waals surface area contributed by atoms with Gasteiger partial charge in [0.1, 0.15) is 12.2 Å². The molecule has 3 heteroatoms. The zero-order chi connectivity index (χ0) is 35.0. The van der Waals surface area contributed by atoms with Crippen molar-refractivity contribution < 1.29 is 14.2 Å². The smallest absolute Gasteiger partial charge is 0.107 e. The number of hydrogen-bond donors (Lipinski definition) is 0. The Labute approximate surface area is 308 Å². The zero-order valence-electron chi connectivity index (χ0n) is 34.1. The average molecular weight is 691 g/mol. The van der Waals surface area contributed by atoms with E-state index in [4.69, 9.17) is 14.2 Å². The maximum atomic E-state index is 7.19. The van der Waals surface area contributed by atoms with E-state index in [0.717, 1.165) is 25.0 Å². The molecule has 2 heterocycles. The third kappa shape index (κ3) is 26.3. The molecule has 0 spiro atoms. The van der Waals surface area contributed by atoms with Gasteiger partial charge >= 0.3 is 0 Å². The molecule has 2 saturated heterocycles. The van der Waals surface area contributed by atoms with Crippen molar-refractivity contribution in [1.29, 1.82) is 0 Å². The van der Waals surface area contributed by atoms with Gasteiger partial charge < -0.3 is 14.2 Å². The highest BCUT2D eigenvalue weighted by molar-refractivity contribution is 4.88. The Morgan fingerprint density at radius 2 is 0.592 bits per heavy atom. The highest BCUT2D eigenvalue weighted by Crippen LogP contribution is 2.35. The monoisotopic (exact) mass is 691 g/mol. The van der Waals surface area contributed by atoms with Crippen molar-refractivity contribution in [3.63, 3.8) is 0 Å². The lowest BCUT2D eigenvalue weighted by molar-refractivity contribution is -0.0598. The first-order valence-electron chi connectivity index (χ1n) is 23.1. The van der Waals surface area contributed by atoms with Gasteiger partial charge in [0.15, 0.2) is 0 Å². The molecule has 2 rings (SSSR count). The number of rotatable bonds is 40. The number of unbranched alkanes of at least 4 members (excludes halogenated alkanes) is 24. The molecule has 0 N–H and O–H groups in total. The molecule has 2 fully saturated rings. The minimum atomic E-state index is 0.270. The van der Waals surface area contributed by atoms with Crippen LogP contribution in [0.25, 0.3) is 0 Å². The highest BCUT2D eigenvalue weighted by Gasteiger charge is 2.42. The first-order chi connectivity index (χ1) is 24.2. The summed E-state index contributed by atoms with van der Waals surface area (Å²) in [5.74, 6) is 1.58. The molecule has 0 radical (unpaired) electrons. The van der Waals surface area contributed by atoms with Crippen LogP contribution < -0.4 is 0 Å². The Kier molecular flexibility index (Phi) is 29.9. The van der Waals surface area contributed by atoms with Gasteiger partial charge in [0.2, 0.25) is 0 Å². The number of hydrogen-bond acceptors (Lipinski definition) is 3. The van der Waals surface area contributed by atoms with E-state index in [1.54, 1.807) is 0 Å². The van der Waals surface area contributed by atoms with Crippen LogP contribution in [0.5, 0.6) is 0 Å². The molecule has 6 unspecified atom stereocenters. The maximum Gasteiger partial charge on any atom is 0.107 e. The second kappa shape index (κ2) is 32.5. The highest BCUT2D eigenvalue weighted by atomic mass is 16.6. The van der Waals surface area contributed by atoms with E-state index in [1.165, 1.54) is 218 Å². The second-order valence-electron chi connectivity index (χ2n) is 16.8. The summed E-state index contributed by atoms with van der Waals surface area (Å²) >= 11 is 0. The third-order valence-corrected chi connectivity index (χ3v) is 11.9. The lowest BCUT2D eigenvalue weighted by atomic mass is 9.87. The summed E-state index contributed by atoms with van der Waals surface area (Å²) in [6.07, 6.45) is 48.6. The summed E-state index contributed by atoms with van der Waals surface area (Å²) in [5.41, 5.74) is 0. The van der Waals surface area contributed by atoms with Gasteiger partial charge in [-0.3, -0.25) is 0 Å². The Hall–Kier alpha value is -0.120. The lowest BCUT2D eigenvalue weighted by Gasteiger charge is -2.29. The molecule has 2 aliphatic heterocycles. The second-order valence-corrected chi connectivity index (χ2v) is 16.8. The Balaban J connectivity index is 1.91. The minimum Gasteiger partial charge on any atom is -0.370 e. The molecule has 49 heavy (non-hydrogen) atoms. The summed E-state index contributed by atoms with van der Waals surface area (Å²) in [6.45, 7) is 11.1. The molecular formula is C46H90O3.